The molecule has 1 aromatic heterocycles. The molecule has 1 fully saturated rings. The minimum absolute atomic E-state index is 0.282. The van der Waals surface area contributed by atoms with Gasteiger partial charge >= 0.3 is 0 Å². The summed E-state index contributed by atoms with van der Waals surface area (Å²) in [6.07, 6.45) is 5.09. The summed E-state index contributed by atoms with van der Waals surface area (Å²) in [5.74, 6) is 0.732. The van der Waals surface area contributed by atoms with E-state index in [2.05, 4.69) is 29.3 Å². The first kappa shape index (κ1) is 15.1. The molecule has 0 radical (unpaired) electrons. The zero-order valence-electron chi connectivity index (χ0n) is 12.1. The molecule has 0 aliphatic heterocycles. The average Bonchev–Trinajstić information content (AvgIpc) is 2.86. The molecular formula is C15H21ClN4. The van der Waals surface area contributed by atoms with Crippen LogP contribution in [0.2, 0.25) is 5.02 Å². The van der Waals surface area contributed by atoms with Gasteiger partial charge in [0.25, 0.3) is 0 Å². The van der Waals surface area contributed by atoms with E-state index in [4.69, 9.17) is 16.9 Å². The summed E-state index contributed by atoms with van der Waals surface area (Å²) in [6.45, 7) is 1.98. The molecule has 0 aromatic carbocycles. The second kappa shape index (κ2) is 6.43. The Bertz CT molecular complexity index is 501. The molecule has 4 nitrogen and oxygen atoms in total. The van der Waals surface area contributed by atoms with Gasteiger partial charge in [0.05, 0.1) is 5.02 Å². The van der Waals surface area contributed by atoms with E-state index < -0.39 is 0 Å². The van der Waals surface area contributed by atoms with Crippen molar-refractivity contribution in [2.45, 2.75) is 25.7 Å². The van der Waals surface area contributed by atoms with Gasteiger partial charge in [0.1, 0.15) is 11.9 Å². The van der Waals surface area contributed by atoms with E-state index in [1.54, 1.807) is 6.07 Å². The van der Waals surface area contributed by atoms with Crippen LogP contribution in [0.15, 0.2) is 12.1 Å². The molecule has 0 unspecified atom stereocenters. The van der Waals surface area contributed by atoms with Crippen molar-refractivity contribution in [3.05, 3.63) is 22.8 Å². The molecule has 1 aromatic rings. The van der Waals surface area contributed by atoms with Crippen LogP contribution < -0.4 is 5.32 Å². The van der Waals surface area contributed by atoms with Gasteiger partial charge in [0.15, 0.2) is 5.69 Å². The largest absolute Gasteiger partial charge is 0.369 e. The van der Waals surface area contributed by atoms with Crippen LogP contribution in [0.4, 0.5) is 5.82 Å². The number of halogens is 1. The van der Waals surface area contributed by atoms with Gasteiger partial charge in [-0.1, -0.05) is 24.4 Å². The number of hydrogen-bond acceptors (Lipinski definition) is 4. The lowest BCUT2D eigenvalue weighted by Gasteiger charge is -2.32. The second-order valence-corrected chi connectivity index (χ2v) is 6.34. The van der Waals surface area contributed by atoms with Crippen molar-refractivity contribution in [1.29, 1.82) is 5.26 Å². The summed E-state index contributed by atoms with van der Waals surface area (Å²) in [5.41, 5.74) is 0.599. The van der Waals surface area contributed by atoms with Gasteiger partial charge in [-0.2, -0.15) is 5.26 Å². The third-order valence-corrected chi connectivity index (χ3v) is 4.22. The molecule has 0 saturated heterocycles. The topological polar surface area (TPSA) is 52.0 Å². The van der Waals surface area contributed by atoms with Gasteiger partial charge in [0, 0.05) is 18.5 Å². The number of anilines is 1. The van der Waals surface area contributed by atoms with Gasteiger partial charge in [-0.25, -0.2) is 4.98 Å². The fourth-order valence-electron chi connectivity index (χ4n) is 3.08. The highest BCUT2D eigenvalue weighted by Crippen LogP contribution is 2.38. The average molecular weight is 293 g/mol. The van der Waals surface area contributed by atoms with Crippen LogP contribution in [-0.4, -0.2) is 37.1 Å². The molecule has 1 saturated carbocycles. The molecule has 20 heavy (non-hydrogen) atoms. The number of aromatic nitrogens is 1. The predicted molar refractivity (Wildman–Crippen MR) is 81.9 cm³/mol. The highest BCUT2D eigenvalue weighted by atomic mass is 35.5. The lowest BCUT2D eigenvalue weighted by Crippen LogP contribution is -2.37. The van der Waals surface area contributed by atoms with Gasteiger partial charge < -0.3 is 10.2 Å². The van der Waals surface area contributed by atoms with E-state index in [9.17, 15) is 0 Å². The maximum absolute atomic E-state index is 8.96. The number of rotatable bonds is 5. The molecule has 1 aliphatic carbocycles. The van der Waals surface area contributed by atoms with Crippen LogP contribution in [0.3, 0.4) is 0 Å². The summed E-state index contributed by atoms with van der Waals surface area (Å²) in [6, 6.07) is 5.57. The van der Waals surface area contributed by atoms with E-state index >= 15 is 0 Å². The molecule has 0 spiro atoms. The monoisotopic (exact) mass is 292 g/mol. The van der Waals surface area contributed by atoms with E-state index in [-0.39, 0.29) is 5.69 Å². The maximum Gasteiger partial charge on any atom is 0.161 e. The lowest BCUT2D eigenvalue weighted by molar-refractivity contribution is 0.215. The normalized spacial score (nSPS) is 17.1. The zero-order chi connectivity index (χ0) is 14.6. The molecule has 0 bridgehead atoms. The number of nitriles is 1. The fourth-order valence-corrected chi connectivity index (χ4v) is 3.23. The van der Waals surface area contributed by atoms with Crippen LogP contribution in [0, 0.1) is 16.7 Å². The Morgan fingerprint density at radius 3 is 2.70 bits per heavy atom. The Labute approximate surface area is 125 Å². The van der Waals surface area contributed by atoms with Crippen LogP contribution in [0.1, 0.15) is 31.4 Å². The van der Waals surface area contributed by atoms with E-state index in [1.165, 1.54) is 25.7 Å². The van der Waals surface area contributed by atoms with Crippen molar-refractivity contribution < 1.29 is 0 Å². The summed E-state index contributed by atoms with van der Waals surface area (Å²) >= 11 is 5.90. The van der Waals surface area contributed by atoms with Crippen LogP contribution in [-0.2, 0) is 0 Å². The molecule has 1 heterocycles. The Morgan fingerprint density at radius 2 is 2.10 bits per heavy atom. The SMILES string of the molecule is CN(C)CC1(CNc2ccc(Cl)c(C#N)n2)CCCC1. The molecule has 0 atom stereocenters. The minimum atomic E-state index is 0.282. The molecule has 2 rings (SSSR count). The number of hydrogen-bond donors (Lipinski definition) is 1. The van der Waals surface area contributed by atoms with Gasteiger partial charge in [-0.05, 0) is 39.1 Å². The molecule has 1 N–H and O–H groups in total. The Morgan fingerprint density at radius 1 is 1.40 bits per heavy atom. The van der Waals surface area contributed by atoms with Crippen molar-refractivity contribution >= 4 is 17.4 Å². The third-order valence-electron chi connectivity index (χ3n) is 3.91. The van der Waals surface area contributed by atoms with Crippen molar-refractivity contribution in [3.63, 3.8) is 0 Å². The standard InChI is InChI=1S/C15H21ClN4/c1-20(2)11-15(7-3-4-8-15)10-18-14-6-5-12(16)13(9-17)19-14/h5-6H,3-4,7-8,10-11H2,1-2H3,(H,18,19). The van der Waals surface area contributed by atoms with Crippen LogP contribution in [0.5, 0.6) is 0 Å². The summed E-state index contributed by atoms with van der Waals surface area (Å²) in [5, 5.41) is 12.8. The maximum atomic E-state index is 8.96. The lowest BCUT2D eigenvalue weighted by atomic mass is 9.85. The first-order valence-corrected chi connectivity index (χ1v) is 7.38. The Kier molecular flexibility index (Phi) is 4.85. The molecule has 1 aliphatic rings. The smallest absolute Gasteiger partial charge is 0.161 e. The highest BCUT2D eigenvalue weighted by molar-refractivity contribution is 6.31. The predicted octanol–water partition coefficient (Wildman–Crippen LogP) is 3.14. The van der Waals surface area contributed by atoms with E-state index in [1.807, 2.05) is 12.1 Å². The summed E-state index contributed by atoms with van der Waals surface area (Å²) in [4.78, 5) is 6.50. The second-order valence-electron chi connectivity index (χ2n) is 5.94. The Hall–Kier alpha value is -1.31. The molecule has 5 heteroatoms. The quantitative estimate of drug-likeness (QED) is 0.906. The van der Waals surface area contributed by atoms with Gasteiger partial charge in [-0.3, -0.25) is 0 Å². The zero-order valence-corrected chi connectivity index (χ0v) is 12.9. The highest BCUT2D eigenvalue weighted by Gasteiger charge is 2.34. The molecular weight excluding hydrogens is 272 g/mol. The Balaban J connectivity index is 2.04. The van der Waals surface area contributed by atoms with Crippen LogP contribution >= 0.6 is 11.6 Å². The first-order chi connectivity index (χ1) is 9.54. The van der Waals surface area contributed by atoms with Crippen molar-refractivity contribution in [2.75, 3.05) is 32.5 Å². The van der Waals surface area contributed by atoms with E-state index in [0.29, 0.717) is 10.4 Å². The molecule has 0 amide bonds. The number of nitrogens with zero attached hydrogens (tertiary/aromatic N) is 3. The van der Waals surface area contributed by atoms with Crippen LogP contribution in [0.25, 0.3) is 0 Å². The minimum Gasteiger partial charge on any atom is -0.369 e. The summed E-state index contributed by atoms with van der Waals surface area (Å²) in [7, 11) is 4.24. The van der Waals surface area contributed by atoms with E-state index in [0.717, 1.165) is 18.9 Å². The fraction of sp³-hybridized carbons (Fsp3) is 0.600. The van der Waals surface area contributed by atoms with Crippen molar-refractivity contribution in [3.8, 4) is 6.07 Å². The number of nitrogens with one attached hydrogen (secondary N) is 1. The first-order valence-electron chi connectivity index (χ1n) is 7.00. The molecule has 108 valence electrons. The van der Waals surface area contributed by atoms with Crippen molar-refractivity contribution in [1.82, 2.24) is 9.88 Å². The van der Waals surface area contributed by atoms with Gasteiger partial charge in [0.2, 0.25) is 0 Å². The third kappa shape index (κ3) is 3.62. The number of pyridine rings is 1. The van der Waals surface area contributed by atoms with Gasteiger partial charge in [-0.15, -0.1) is 0 Å². The summed E-state index contributed by atoms with van der Waals surface area (Å²) < 4.78 is 0. The van der Waals surface area contributed by atoms with Crippen molar-refractivity contribution in [2.24, 2.45) is 5.41 Å².